The van der Waals surface area contributed by atoms with Gasteiger partial charge in [-0.05, 0) is 37.1 Å². The molecule has 0 unspecified atom stereocenters. The summed E-state index contributed by atoms with van der Waals surface area (Å²) in [5.74, 6) is 0.599. The van der Waals surface area contributed by atoms with E-state index in [1.807, 2.05) is 12.3 Å². The number of nitro benzene ring substituents is 1. The maximum absolute atomic E-state index is 10.6. The topological polar surface area (TPSA) is 68.1 Å². The van der Waals surface area contributed by atoms with Gasteiger partial charge in [0.2, 0.25) is 0 Å². The Balaban J connectivity index is 1.66. The Kier molecular flexibility index (Phi) is 4.32. The van der Waals surface area contributed by atoms with Crippen molar-refractivity contribution in [3.05, 3.63) is 58.4 Å². The minimum atomic E-state index is -0.399. The summed E-state index contributed by atoms with van der Waals surface area (Å²) in [5, 5.41) is 13.8. The van der Waals surface area contributed by atoms with Crippen LogP contribution in [-0.2, 0) is 0 Å². The SMILES string of the molecule is O=[N+]([O-])c1ccc(Nc2ccc(C3CCCCC3)nc2)cc1. The molecule has 0 radical (unpaired) electrons. The van der Waals surface area contributed by atoms with Gasteiger partial charge in [0.15, 0.2) is 0 Å². The highest BCUT2D eigenvalue weighted by Gasteiger charge is 2.16. The van der Waals surface area contributed by atoms with Crippen molar-refractivity contribution < 1.29 is 4.92 Å². The first-order chi connectivity index (χ1) is 10.7. The van der Waals surface area contributed by atoms with Crippen LogP contribution in [0.4, 0.5) is 17.1 Å². The van der Waals surface area contributed by atoms with Gasteiger partial charge in [0.25, 0.3) is 5.69 Å². The van der Waals surface area contributed by atoms with Crippen LogP contribution in [0.3, 0.4) is 0 Å². The Morgan fingerprint density at radius 1 is 1.00 bits per heavy atom. The molecule has 0 saturated heterocycles. The Bertz CT molecular complexity index is 632. The number of anilines is 2. The maximum Gasteiger partial charge on any atom is 0.269 e. The number of nitrogens with zero attached hydrogens (tertiary/aromatic N) is 2. The Morgan fingerprint density at radius 3 is 2.27 bits per heavy atom. The van der Waals surface area contributed by atoms with Gasteiger partial charge in [-0.25, -0.2) is 0 Å². The first kappa shape index (κ1) is 14.5. The van der Waals surface area contributed by atoms with Gasteiger partial charge in [0, 0.05) is 29.4 Å². The average Bonchev–Trinajstić information content (AvgIpc) is 2.57. The number of hydrogen-bond acceptors (Lipinski definition) is 4. The monoisotopic (exact) mass is 297 g/mol. The minimum Gasteiger partial charge on any atom is -0.354 e. The van der Waals surface area contributed by atoms with Crippen molar-refractivity contribution in [2.45, 2.75) is 38.0 Å². The van der Waals surface area contributed by atoms with Gasteiger partial charge >= 0.3 is 0 Å². The molecule has 1 fully saturated rings. The van der Waals surface area contributed by atoms with Gasteiger partial charge in [-0.15, -0.1) is 0 Å². The molecular formula is C17H19N3O2. The molecule has 1 N–H and O–H groups in total. The Morgan fingerprint density at radius 2 is 1.68 bits per heavy atom. The minimum absolute atomic E-state index is 0.0938. The molecule has 0 aliphatic heterocycles. The number of benzene rings is 1. The number of pyridine rings is 1. The Labute approximate surface area is 129 Å². The van der Waals surface area contributed by atoms with E-state index in [0.29, 0.717) is 5.92 Å². The first-order valence-electron chi connectivity index (χ1n) is 7.70. The molecule has 3 rings (SSSR count). The fraction of sp³-hybridized carbons (Fsp3) is 0.353. The van der Waals surface area contributed by atoms with Gasteiger partial charge in [-0.1, -0.05) is 19.3 Å². The number of non-ortho nitro benzene ring substituents is 1. The smallest absolute Gasteiger partial charge is 0.269 e. The van der Waals surface area contributed by atoms with Gasteiger partial charge in [-0.2, -0.15) is 0 Å². The fourth-order valence-electron chi connectivity index (χ4n) is 2.95. The zero-order valence-corrected chi connectivity index (χ0v) is 12.4. The largest absolute Gasteiger partial charge is 0.354 e. The molecular weight excluding hydrogens is 278 g/mol. The predicted octanol–water partition coefficient (Wildman–Crippen LogP) is 4.78. The molecule has 0 amide bonds. The molecule has 1 aromatic heterocycles. The molecule has 5 nitrogen and oxygen atoms in total. The van der Waals surface area contributed by atoms with Crippen molar-refractivity contribution in [1.82, 2.24) is 4.98 Å². The van der Waals surface area contributed by atoms with Crippen molar-refractivity contribution >= 4 is 17.1 Å². The summed E-state index contributed by atoms with van der Waals surface area (Å²) >= 11 is 0. The van der Waals surface area contributed by atoms with E-state index < -0.39 is 4.92 Å². The normalized spacial score (nSPS) is 15.5. The molecule has 22 heavy (non-hydrogen) atoms. The van der Waals surface area contributed by atoms with Gasteiger partial charge in [0.05, 0.1) is 16.8 Å². The maximum atomic E-state index is 10.6. The van der Waals surface area contributed by atoms with Crippen molar-refractivity contribution in [2.75, 3.05) is 5.32 Å². The fourth-order valence-corrected chi connectivity index (χ4v) is 2.95. The zero-order valence-electron chi connectivity index (χ0n) is 12.4. The molecule has 1 saturated carbocycles. The lowest BCUT2D eigenvalue weighted by Gasteiger charge is -2.21. The molecule has 1 aliphatic carbocycles. The van der Waals surface area contributed by atoms with Crippen LogP contribution in [0.25, 0.3) is 0 Å². The second-order valence-corrected chi connectivity index (χ2v) is 5.74. The van der Waals surface area contributed by atoms with Gasteiger partial charge in [0.1, 0.15) is 0 Å². The van der Waals surface area contributed by atoms with E-state index in [4.69, 9.17) is 0 Å². The molecule has 1 heterocycles. The second kappa shape index (κ2) is 6.56. The molecule has 0 atom stereocenters. The van der Waals surface area contributed by atoms with Gasteiger partial charge in [-0.3, -0.25) is 15.1 Å². The molecule has 5 heteroatoms. The van der Waals surface area contributed by atoms with E-state index in [0.717, 1.165) is 11.4 Å². The number of nitrogens with one attached hydrogen (secondary N) is 1. The zero-order chi connectivity index (χ0) is 15.4. The summed E-state index contributed by atoms with van der Waals surface area (Å²) in [5.41, 5.74) is 2.98. The molecule has 2 aromatic rings. The van der Waals surface area contributed by atoms with Crippen LogP contribution in [0.15, 0.2) is 42.6 Å². The molecule has 0 spiro atoms. The van der Waals surface area contributed by atoms with Crippen LogP contribution >= 0.6 is 0 Å². The van der Waals surface area contributed by atoms with Crippen LogP contribution in [0.5, 0.6) is 0 Å². The van der Waals surface area contributed by atoms with Crippen molar-refractivity contribution in [3.63, 3.8) is 0 Å². The van der Waals surface area contributed by atoms with E-state index >= 15 is 0 Å². The predicted molar refractivity (Wildman–Crippen MR) is 86.4 cm³/mol. The number of nitro groups is 1. The highest BCUT2D eigenvalue weighted by atomic mass is 16.6. The van der Waals surface area contributed by atoms with E-state index in [1.54, 1.807) is 12.1 Å². The lowest BCUT2D eigenvalue weighted by atomic mass is 9.87. The standard InChI is InChI=1S/C17H19N3O2/c21-20(22)16-9-6-14(7-10-16)19-15-8-11-17(18-12-15)13-4-2-1-3-5-13/h6-13,19H,1-5H2. The first-order valence-corrected chi connectivity index (χ1v) is 7.70. The summed E-state index contributed by atoms with van der Waals surface area (Å²) in [6.45, 7) is 0. The van der Waals surface area contributed by atoms with Crippen LogP contribution in [0.1, 0.15) is 43.7 Å². The number of hydrogen-bond donors (Lipinski definition) is 1. The van der Waals surface area contributed by atoms with Crippen molar-refractivity contribution in [1.29, 1.82) is 0 Å². The van der Waals surface area contributed by atoms with Crippen LogP contribution in [-0.4, -0.2) is 9.91 Å². The molecule has 0 bridgehead atoms. The van der Waals surface area contributed by atoms with E-state index in [-0.39, 0.29) is 5.69 Å². The van der Waals surface area contributed by atoms with E-state index in [2.05, 4.69) is 16.4 Å². The highest BCUT2D eigenvalue weighted by molar-refractivity contribution is 5.60. The number of aromatic nitrogens is 1. The summed E-state index contributed by atoms with van der Waals surface area (Å²) < 4.78 is 0. The Hall–Kier alpha value is -2.43. The van der Waals surface area contributed by atoms with Crippen LogP contribution in [0, 0.1) is 10.1 Å². The number of rotatable bonds is 4. The van der Waals surface area contributed by atoms with Crippen molar-refractivity contribution in [3.8, 4) is 0 Å². The van der Waals surface area contributed by atoms with Crippen LogP contribution in [0.2, 0.25) is 0 Å². The third kappa shape index (κ3) is 3.42. The highest BCUT2D eigenvalue weighted by Crippen LogP contribution is 2.32. The average molecular weight is 297 g/mol. The van der Waals surface area contributed by atoms with Crippen molar-refractivity contribution in [2.24, 2.45) is 0 Å². The lowest BCUT2D eigenvalue weighted by Crippen LogP contribution is -2.06. The summed E-state index contributed by atoms with van der Waals surface area (Å²) in [4.78, 5) is 14.8. The van der Waals surface area contributed by atoms with Crippen LogP contribution < -0.4 is 5.32 Å². The quantitative estimate of drug-likeness (QED) is 0.651. The third-order valence-electron chi connectivity index (χ3n) is 4.18. The molecule has 114 valence electrons. The summed E-state index contributed by atoms with van der Waals surface area (Å²) in [6, 6.07) is 10.5. The van der Waals surface area contributed by atoms with E-state index in [9.17, 15) is 10.1 Å². The summed E-state index contributed by atoms with van der Waals surface area (Å²) in [7, 11) is 0. The second-order valence-electron chi connectivity index (χ2n) is 5.74. The third-order valence-corrected chi connectivity index (χ3v) is 4.18. The van der Waals surface area contributed by atoms with Gasteiger partial charge < -0.3 is 5.32 Å². The lowest BCUT2D eigenvalue weighted by molar-refractivity contribution is -0.384. The molecule has 1 aromatic carbocycles. The molecule has 1 aliphatic rings. The summed E-state index contributed by atoms with van der Waals surface area (Å²) in [6.07, 6.45) is 8.26. The van der Waals surface area contributed by atoms with E-state index in [1.165, 1.54) is 49.9 Å².